The van der Waals surface area contributed by atoms with E-state index in [1.807, 2.05) is 0 Å². The number of aromatic amines is 1. The van der Waals surface area contributed by atoms with Crippen molar-refractivity contribution < 1.29 is 37.3 Å². The molecule has 3 amide bonds. The molecule has 16 nitrogen and oxygen atoms in total. The van der Waals surface area contributed by atoms with Gasteiger partial charge in [-0.3, -0.25) is 33.9 Å². The van der Waals surface area contributed by atoms with Crippen molar-refractivity contribution >= 4 is 56.0 Å². The Morgan fingerprint density at radius 3 is 2.45 bits per heavy atom. The molecule has 0 aromatic carbocycles. The largest absolute Gasteiger partial charge is 0.503 e. The number of aromatic nitrogens is 2. The number of anilines is 1. The fourth-order valence-corrected chi connectivity index (χ4v) is 5.06. The minimum atomic E-state index is -4.98. The second-order valence-electron chi connectivity index (χ2n) is 8.15. The first kappa shape index (κ1) is 28.4. The maximum Gasteiger partial charge on any atom is 0.362 e. The molecule has 0 saturated carbocycles. The number of carbonyl (C=O) groups is 4. The summed E-state index contributed by atoms with van der Waals surface area (Å²) in [7, 11) is -4.98. The van der Waals surface area contributed by atoms with E-state index in [4.69, 9.17) is 11.1 Å². The monoisotopic (exact) mass is 569 g/mol. The zero-order chi connectivity index (χ0) is 28.2. The molecule has 0 aliphatic carbocycles. The molecule has 1 aliphatic heterocycles. The number of ketones is 1. The number of hydrogen-bond acceptors (Lipinski definition) is 12. The van der Waals surface area contributed by atoms with Crippen LogP contribution in [0.3, 0.4) is 0 Å². The van der Waals surface area contributed by atoms with E-state index < -0.39 is 75.6 Å². The van der Waals surface area contributed by atoms with Gasteiger partial charge in [0, 0.05) is 49.1 Å². The Bertz CT molecular complexity index is 1450. The lowest BCUT2D eigenvalue weighted by molar-refractivity contribution is -0.149. The number of amides is 3. The molecule has 18 heteroatoms. The predicted molar refractivity (Wildman–Crippen MR) is 131 cm³/mol. The van der Waals surface area contributed by atoms with Crippen LogP contribution < -0.4 is 21.8 Å². The van der Waals surface area contributed by atoms with E-state index in [9.17, 15) is 42.0 Å². The molecule has 204 valence electrons. The van der Waals surface area contributed by atoms with Gasteiger partial charge in [0.25, 0.3) is 0 Å². The van der Waals surface area contributed by atoms with E-state index in [1.165, 1.54) is 5.38 Å². The Morgan fingerprint density at radius 2 is 1.87 bits per heavy atom. The highest BCUT2D eigenvalue weighted by molar-refractivity contribution is 7.84. The van der Waals surface area contributed by atoms with Gasteiger partial charge in [0.2, 0.25) is 23.2 Å². The Kier molecular flexibility index (Phi) is 8.59. The lowest BCUT2D eigenvalue weighted by Crippen LogP contribution is -2.66. The Morgan fingerprint density at radius 1 is 1.21 bits per heavy atom. The summed E-state index contributed by atoms with van der Waals surface area (Å²) < 4.78 is 32.8. The normalized spacial score (nSPS) is 17.0. The highest BCUT2D eigenvalue weighted by Gasteiger charge is 2.53. The van der Waals surface area contributed by atoms with Gasteiger partial charge in [-0.1, -0.05) is 0 Å². The van der Waals surface area contributed by atoms with Crippen LogP contribution in [0.1, 0.15) is 30.7 Å². The summed E-state index contributed by atoms with van der Waals surface area (Å²) in [5.41, 5.74) is 4.64. The number of nitrogens with two attached hydrogens (primary N) is 1. The van der Waals surface area contributed by atoms with Crippen molar-refractivity contribution in [3.63, 3.8) is 0 Å². The first-order valence-electron chi connectivity index (χ1n) is 10.9. The average Bonchev–Trinajstić information content (AvgIpc) is 3.28. The van der Waals surface area contributed by atoms with E-state index in [2.05, 4.69) is 20.6 Å². The van der Waals surface area contributed by atoms with Crippen LogP contribution >= 0.6 is 11.3 Å². The van der Waals surface area contributed by atoms with Crippen LogP contribution in [0.4, 0.5) is 5.13 Å². The third-order valence-corrected chi connectivity index (χ3v) is 7.15. The summed E-state index contributed by atoms with van der Waals surface area (Å²) in [6.07, 6.45) is -0.0834. The zero-order valence-electron chi connectivity index (χ0n) is 19.5. The Balaban J connectivity index is 1.52. The van der Waals surface area contributed by atoms with Gasteiger partial charge in [0.15, 0.2) is 16.7 Å². The van der Waals surface area contributed by atoms with Crippen LogP contribution in [0.15, 0.2) is 22.4 Å². The Hall–Kier alpha value is -4.16. The van der Waals surface area contributed by atoms with Crippen LogP contribution in [-0.4, -0.2) is 74.2 Å². The molecule has 1 aliphatic rings. The molecule has 2 aromatic heterocycles. The quantitative estimate of drug-likeness (QED) is 0.0859. The van der Waals surface area contributed by atoms with E-state index >= 15 is 0 Å². The standard InChI is InChI=1S/C20H23N7O9S2/c21-18(11-8-37-20(22)26-11)14(29)4-10-12(27(19(10)33)38(34,35)36)6-25-17(32)2-1-16(31)24-5-9-3-13(28)15(30)7-23-9/h3,7-8,10,12,21,30H,1-2,4-6H2,(H2,22,26)(H,23,28)(H,24,31)(H,25,32)(H,34,35,36)/t10-,12+/m0/s1. The molecular weight excluding hydrogens is 546 g/mol. The lowest BCUT2D eigenvalue weighted by atomic mass is 9.84. The first-order valence-corrected chi connectivity index (χ1v) is 13.1. The smallest absolute Gasteiger partial charge is 0.362 e. The zero-order valence-corrected chi connectivity index (χ0v) is 21.1. The number of carbonyl (C=O) groups excluding carboxylic acids is 4. The molecule has 1 saturated heterocycles. The van der Waals surface area contributed by atoms with E-state index in [1.54, 1.807) is 0 Å². The number of nitrogens with one attached hydrogen (secondary N) is 4. The van der Waals surface area contributed by atoms with Gasteiger partial charge in [-0.2, -0.15) is 8.42 Å². The van der Waals surface area contributed by atoms with Gasteiger partial charge in [-0.25, -0.2) is 9.29 Å². The van der Waals surface area contributed by atoms with Crippen LogP contribution in [0.2, 0.25) is 0 Å². The summed E-state index contributed by atoms with van der Waals surface area (Å²) in [6, 6.07) is -0.197. The van der Waals surface area contributed by atoms with Crippen molar-refractivity contribution in [3.05, 3.63) is 39.3 Å². The van der Waals surface area contributed by atoms with E-state index in [0.29, 0.717) is 5.69 Å². The number of nitrogen functional groups attached to an aromatic ring is 1. The minimum Gasteiger partial charge on any atom is -0.503 e. The van der Waals surface area contributed by atoms with E-state index in [0.717, 1.165) is 23.6 Å². The highest BCUT2D eigenvalue weighted by Crippen LogP contribution is 2.32. The summed E-state index contributed by atoms with van der Waals surface area (Å²) in [5.74, 6) is -4.83. The van der Waals surface area contributed by atoms with Crippen LogP contribution in [-0.2, 0) is 36.0 Å². The molecule has 0 spiro atoms. The van der Waals surface area contributed by atoms with Crippen molar-refractivity contribution in [2.75, 3.05) is 12.3 Å². The number of aromatic hydroxyl groups is 1. The van der Waals surface area contributed by atoms with Crippen LogP contribution in [0.5, 0.6) is 5.75 Å². The van der Waals surface area contributed by atoms with Crippen LogP contribution in [0.25, 0.3) is 0 Å². The number of H-pyrrole nitrogens is 1. The third-order valence-electron chi connectivity index (χ3n) is 5.53. The molecule has 0 radical (unpaired) electrons. The molecule has 2 aromatic rings. The predicted octanol–water partition coefficient (Wildman–Crippen LogP) is -1.71. The topological polar surface area (TPSA) is 266 Å². The van der Waals surface area contributed by atoms with Gasteiger partial charge in [-0.05, 0) is 0 Å². The SMILES string of the molecule is N=C(C(=O)C[C@@H]1C(=O)N(S(=O)(=O)O)[C@@H]1CNC(=O)CCC(=O)NCc1cc(=O)c(O)c[nH]1)c1csc(N)n1. The number of hydrogen-bond donors (Lipinski definition) is 7. The van der Waals surface area contributed by atoms with Gasteiger partial charge >= 0.3 is 10.3 Å². The Labute approximate surface area is 218 Å². The lowest BCUT2D eigenvalue weighted by Gasteiger charge is -2.44. The van der Waals surface area contributed by atoms with Crippen molar-refractivity contribution in [3.8, 4) is 5.75 Å². The molecule has 3 rings (SSSR count). The second kappa shape index (κ2) is 11.5. The highest BCUT2D eigenvalue weighted by atomic mass is 32.2. The number of Topliss-reactive ketones (excluding diaryl/α,β-unsaturated/α-hetero) is 1. The molecule has 0 bridgehead atoms. The third kappa shape index (κ3) is 6.78. The number of thiazole rings is 1. The van der Waals surface area contributed by atoms with Gasteiger partial charge < -0.3 is 26.5 Å². The van der Waals surface area contributed by atoms with Crippen LogP contribution in [0, 0.1) is 11.3 Å². The van der Waals surface area contributed by atoms with Crippen molar-refractivity contribution in [2.45, 2.75) is 31.8 Å². The second-order valence-corrected chi connectivity index (χ2v) is 10.3. The summed E-state index contributed by atoms with van der Waals surface area (Å²) in [6.45, 7) is -0.517. The molecule has 2 atom stereocenters. The summed E-state index contributed by atoms with van der Waals surface area (Å²) >= 11 is 1.00. The fraction of sp³-hybridized carbons (Fsp3) is 0.350. The fourth-order valence-electron chi connectivity index (χ4n) is 3.58. The van der Waals surface area contributed by atoms with Crippen molar-refractivity contribution in [2.24, 2.45) is 5.92 Å². The number of rotatable bonds is 12. The maximum atomic E-state index is 12.5. The number of nitrogens with zero attached hydrogens (tertiary/aromatic N) is 2. The van der Waals surface area contributed by atoms with Gasteiger partial charge in [0.1, 0.15) is 11.4 Å². The van der Waals surface area contributed by atoms with Gasteiger partial charge in [0.05, 0.1) is 18.5 Å². The summed E-state index contributed by atoms with van der Waals surface area (Å²) in [4.78, 5) is 66.8. The number of pyridine rings is 1. The first-order chi connectivity index (χ1) is 17.8. The van der Waals surface area contributed by atoms with Gasteiger partial charge in [-0.15, -0.1) is 11.3 Å². The maximum absolute atomic E-state index is 12.5. The molecule has 1 fully saturated rings. The molecule has 38 heavy (non-hydrogen) atoms. The minimum absolute atomic E-state index is 0.00388. The number of β-lactam (4-membered cyclic amide) rings is 1. The van der Waals surface area contributed by atoms with Crippen molar-refractivity contribution in [1.29, 1.82) is 5.41 Å². The van der Waals surface area contributed by atoms with Crippen molar-refractivity contribution in [1.82, 2.24) is 24.9 Å². The average molecular weight is 570 g/mol. The molecule has 8 N–H and O–H groups in total. The van der Waals surface area contributed by atoms with E-state index in [-0.39, 0.29) is 34.5 Å². The molecular formula is C20H23N7O9S2. The molecule has 3 heterocycles. The summed E-state index contributed by atoms with van der Waals surface area (Å²) in [5, 5.41) is 23.5. The molecule has 0 unspecified atom stereocenters.